The number of nitrogens with one attached hydrogen (secondary N) is 1. The van der Waals surface area contributed by atoms with Crippen molar-refractivity contribution >= 4 is 35.2 Å². The number of hydrogen-bond acceptors (Lipinski definition) is 3. The molecule has 6 heteroatoms. The Hall–Kier alpha value is -1.20. The molecule has 1 aliphatic heterocycles. The molecule has 0 unspecified atom stereocenters. The summed E-state index contributed by atoms with van der Waals surface area (Å²) in [5.74, 6) is -0.816. The number of carboxylic acids is 1. The molecule has 1 aliphatic rings. The summed E-state index contributed by atoms with van der Waals surface area (Å²) in [7, 11) is 0. The number of aryl methyl sites for hydroxylation is 1. The Kier molecular flexibility index (Phi) is 4.37. The van der Waals surface area contributed by atoms with Gasteiger partial charge in [0.25, 0.3) is 0 Å². The van der Waals surface area contributed by atoms with Crippen LogP contribution < -0.4 is 5.32 Å². The number of thioether (sulfide) groups is 1. The second-order valence-corrected chi connectivity index (χ2v) is 6.15. The van der Waals surface area contributed by atoms with Gasteiger partial charge in [0, 0.05) is 10.8 Å². The van der Waals surface area contributed by atoms with Crippen LogP contribution in [0.15, 0.2) is 18.2 Å². The third kappa shape index (κ3) is 3.42. The van der Waals surface area contributed by atoms with Crippen LogP contribution in [0.1, 0.15) is 11.1 Å². The van der Waals surface area contributed by atoms with Gasteiger partial charge in [0.1, 0.15) is 6.04 Å². The number of carbonyl (C=O) groups excluding carboxylic acids is 1. The van der Waals surface area contributed by atoms with Gasteiger partial charge in [0.2, 0.25) is 5.91 Å². The molecule has 2 N–H and O–H groups in total. The molecule has 0 aromatic heterocycles. The summed E-state index contributed by atoms with van der Waals surface area (Å²) >= 11 is 7.42. The molecule has 102 valence electrons. The van der Waals surface area contributed by atoms with Crippen LogP contribution >= 0.6 is 23.4 Å². The van der Waals surface area contributed by atoms with E-state index in [1.165, 1.54) is 11.8 Å². The Balaban J connectivity index is 2.02. The summed E-state index contributed by atoms with van der Waals surface area (Å²) in [6.07, 6.45) is 0.558. The molecular weight excluding hydrogens is 286 g/mol. The molecule has 0 aliphatic carbocycles. The summed E-state index contributed by atoms with van der Waals surface area (Å²) in [5, 5.41) is 11.8. The fourth-order valence-corrected chi connectivity index (χ4v) is 3.24. The highest BCUT2D eigenvalue weighted by Crippen LogP contribution is 2.24. The Labute approximate surface area is 120 Å². The fraction of sp³-hybridized carbons (Fsp3) is 0.385. The lowest BCUT2D eigenvalue weighted by atomic mass is 10.1. The first-order valence-electron chi connectivity index (χ1n) is 5.87. The molecule has 1 heterocycles. The molecule has 4 nitrogen and oxygen atoms in total. The maximum absolute atomic E-state index is 11.8. The third-order valence-electron chi connectivity index (χ3n) is 3.03. The van der Waals surface area contributed by atoms with E-state index in [-0.39, 0.29) is 11.2 Å². The van der Waals surface area contributed by atoms with Crippen LogP contribution in [0.4, 0.5) is 0 Å². The molecule has 0 saturated carbocycles. The van der Waals surface area contributed by atoms with Crippen LogP contribution in [-0.4, -0.2) is 34.0 Å². The minimum absolute atomic E-state index is 0.222. The molecule has 0 radical (unpaired) electrons. The van der Waals surface area contributed by atoms with E-state index < -0.39 is 12.0 Å². The Morgan fingerprint density at radius 3 is 2.89 bits per heavy atom. The van der Waals surface area contributed by atoms with Crippen LogP contribution in [0, 0.1) is 6.92 Å². The van der Waals surface area contributed by atoms with Crippen molar-refractivity contribution in [2.75, 3.05) is 5.75 Å². The van der Waals surface area contributed by atoms with Gasteiger partial charge in [-0.3, -0.25) is 4.79 Å². The van der Waals surface area contributed by atoms with Gasteiger partial charge in [-0.1, -0.05) is 23.7 Å². The number of carbonyl (C=O) groups is 2. The number of rotatable bonds is 3. The lowest BCUT2D eigenvalue weighted by Crippen LogP contribution is -2.51. The molecule has 1 amide bonds. The lowest BCUT2D eigenvalue weighted by Gasteiger charge is -2.26. The van der Waals surface area contributed by atoms with E-state index in [0.29, 0.717) is 17.2 Å². The van der Waals surface area contributed by atoms with Gasteiger partial charge in [-0.05, 0) is 30.5 Å². The quantitative estimate of drug-likeness (QED) is 0.894. The van der Waals surface area contributed by atoms with Crippen molar-refractivity contribution in [2.24, 2.45) is 0 Å². The SMILES string of the molecule is Cc1ccc(C[C@H]2SC[C@@H](C(=O)O)NC2=O)cc1Cl. The summed E-state index contributed by atoms with van der Waals surface area (Å²) < 4.78 is 0. The molecule has 0 bridgehead atoms. The second kappa shape index (κ2) is 5.84. The molecule has 2 rings (SSSR count). The van der Waals surface area contributed by atoms with Gasteiger partial charge in [-0.2, -0.15) is 0 Å². The van der Waals surface area contributed by atoms with Crippen LogP contribution in [-0.2, 0) is 16.0 Å². The normalized spacial score (nSPS) is 22.9. The van der Waals surface area contributed by atoms with Crippen molar-refractivity contribution in [3.8, 4) is 0 Å². The zero-order chi connectivity index (χ0) is 14.0. The predicted octanol–water partition coefficient (Wildman–Crippen LogP) is 1.88. The molecule has 1 aromatic rings. The van der Waals surface area contributed by atoms with Crippen molar-refractivity contribution < 1.29 is 14.7 Å². The lowest BCUT2D eigenvalue weighted by molar-refractivity contribution is -0.141. The van der Waals surface area contributed by atoms with Crippen molar-refractivity contribution in [1.29, 1.82) is 0 Å². The standard InChI is InChI=1S/C13H14ClNO3S/c1-7-2-3-8(4-9(7)14)5-11-12(16)15-10(6-19-11)13(17)18/h2-4,10-11H,5-6H2,1H3,(H,15,16)(H,17,18)/t10-,11+/m0/s1. The average Bonchev–Trinajstić information content (AvgIpc) is 2.36. The zero-order valence-electron chi connectivity index (χ0n) is 10.4. The van der Waals surface area contributed by atoms with E-state index in [4.69, 9.17) is 16.7 Å². The molecule has 1 aromatic carbocycles. The smallest absolute Gasteiger partial charge is 0.327 e. The van der Waals surface area contributed by atoms with Crippen molar-refractivity contribution in [3.05, 3.63) is 34.3 Å². The highest BCUT2D eigenvalue weighted by atomic mass is 35.5. The number of benzene rings is 1. The van der Waals surface area contributed by atoms with Crippen molar-refractivity contribution in [1.82, 2.24) is 5.32 Å². The van der Waals surface area contributed by atoms with Crippen LogP contribution in [0.5, 0.6) is 0 Å². The maximum Gasteiger partial charge on any atom is 0.327 e. The summed E-state index contributed by atoms with van der Waals surface area (Å²) in [5.41, 5.74) is 1.98. The van der Waals surface area contributed by atoms with Crippen LogP contribution in [0.2, 0.25) is 5.02 Å². The molecule has 0 spiro atoms. The van der Waals surface area contributed by atoms with Crippen LogP contribution in [0.3, 0.4) is 0 Å². The largest absolute Gasteiger partial charge is 0.480 e. The molecule has 2 atom stereocenters. The Bertz CT molecular complexity index is 521. The monoisotopic (exact) mass is 299 g/mol. The maximum atomic E-state index is 11.8. The Morgan fingerprint density at radius 1 is 1.58 bits per heavy atom. The molecule has 1 saturated heterocycles. The number of aliphatic carboxylic acids is 1. The molecule has 1 fully saturated rings. The fourth-order valence-electron chi connectivity index (χ4n) is 1.86. The van der Waals surface area contributed by atoms with Gasteiger partial charge in [-0.25, -0.2) is 4.79 Å². The van der Waals surface area contributed by atoms with Gasteiger partial charge < -0.3 is 10.4 Å². The predicted molar refractivity (Wildman–Crippen MR) is 75.7 cm³/mol. The van der Waals surface area contributed by atoms with E-state index in [9.17, 15) is 9.59 Å². The van der Waals surface area contributed by atoms with E-state index in [1.54, 1.807) is 0 Å². The first-order chi connectivity index (χ1) is 8.97. The highest BCUT2D eigenvalue weighted by molar-refractivity contribution is 8.00. The molecular formula is C13H14ClNO3S. The Morgan fingerprint density at radius 2 is 2.32 bits per heavy atom. The van der Waals surface area contributed by atoms with Gasteiger partial charge in [0.15, 0.2) is 0 Å². The van der Waals surface area contributed by atoms with Crippen LogP contribution in [0.25, 0.3) is 0 Å². The first-order valence-corrected chi connectivity index (χ1v) is 7.30. The average molecular weight is 300 g/mol. The van der Waals surface area contributed by atoms with Gasteiger partial charge >= 0.3 is 5.97 Å². The number of amides is 1. The summed E-state index contributed by atoms with van der Waals surface area (Å²) in [6.45, 7) is 1.92. The topological polar surface area (TPSA) is 66.4 Å². The van der Waals surface area contributed by atoms with Gasteiger partial charge in [0.05, 0.1) is 5.25 Å². The highest BCUT2D eigenvalue weighted by Gasteiger charge is 2.32. The third-order valence-corrected chi connectivity index (χ3v) is 4.74. The zero-order valence-corrected chi connectivity index (χ0v) is 11.9. The minimum Gasteiger partial charge on any atom is -0.480 e. The van der Waals surface area contributed by atoms with E-state index in [1.807, 2.05) is 25.1 Å². The van der Waals surface area contributed by atoms with Crippen molar-refractivity contribution in [3.63, 3.8) is 0 Å². The van der Waals surface area contributed by atoms with E-state index in [0.717, 1.165) is 11.1 Å². The number of carboxylic acid groups (broad SMARTS) is 1. The summed E-state index contributed by atoms with van der Waals surface area (Å²) in [6, 6.07) is 4.94. The second-order valence-electron chi connectivity index (χ2n) is 4.51. The molecule has 19 heavy (non-hydrogen) atoms. The van der Waals surface area contributed by atoms with E-state index >= 15 is 0 Å². The van der Waals surface area contributed by atoms with E-state index in [2.05, 4.69) is 5.32 Å². The summed E-state index contributed by atoms with van der Waals surface area (Å²) in [4.78, 5) is 22.6. The number of halogens is 1. The van der Waals surface area contributed by atoms with Crippen molar-refractivity contribution in [2.45, 2.75) is 24.6 Å². The van der Waals surface area contributed by atoms with Gasteiger partial charge in [-0.15, -0.1) is 11.8 Å². The first kappa shape index (κ1) is 14.2. The number of hydrogen-bond donors (Lipinski definition) is 2. The minimum atomic E-state index is -0.988.